The zero-order valence-electron chi connectivity index (χ0n) is 19.0. The van der Waals surface area contributed by atoms with Crippen molar-refractivity contribution in [2.75, 3.05) is 0 Å². The molecule has 1 unspecified atom stereocenters. The number of carboxylic acid groups (broad SMARTS) is 1. The maximum Gasteiger partial charge on any atom is 0.326 e. The summed E-state index contributed by atoms with van der Waals surface area (Å²) >= 11 is 0. The van der Waals surface area contributed by atoms with Gasteiger partial charge in [-0.25, -0.2) is 13.2 Å². The molecule has 0 aromatic heterocycles. The fraction of sp³-hybridized carbons (Fsp3) is 0.308. The zero-order valence-corrected chi connectivity index (χ0v) is 19.8. The first-order chi connectivity index (χ1) is 16.3. The van der Waals surface area contributed by atoms with Crippen LogP contribution in [0.4, 0.5) is 0 Å². The predicted octanol–water partition coefficient (Wildman–Crippen LogP) is 3.72. The van der Waals surface area contributed by atoms with Gasteiger partial charge in [-0.05, 0) is 35.4 Å². The third-order valence-corrected chi connectivity index (χ3v) is 8.22. The molecule has 0 saturated carbocycles. The number of carboxylic acids is 1. The van der Waals surface area contributed by atoms with E-state index >= 15 is 0 Å². The van der Waals surface area contributed by atoms with Crippen LogP contribution in [0.5, 0.6) is 0 Å². The van der Waals surface area contributed by atoms with E-state index in [1.807, 2.05) is 49.4 Å². The second kappa shape index (κ2) is 9.95. The molecule has 0 radical (unpaired) electrons. The summed E-state index contributed by atoms with van der Waals surface area (Å²) in [5.41, 5.74) is 1.71. The molecular formula is C26H28N2O5S. The maximum absolute atomic E-state index is 13.9. The molecule has 1 aliphatic heterocycles. The Balaban J connectivity index is 1.75. The highest BCUT2D eigenvalue weighted by atomic mass is 32.2. The highest BCUT2D eigenvalue weighted by Gasteiger charge is 2.41. The van der Waals surface area contributed by atoms with Crippen molar-refractivity contribution in [3.05, 3.63) is 77.9 Å². The molecule has 4 rings (SSSR count). The van der Waals surface area contributed by atoms with Gasteiger partial charge in [-0.15, -0.1) is 0 Å². The molecule has 0 saturated heterocycles. The van der Waals surface area contributed by atoms with Crippen LogP contribution in [0, 0.1) is 0 Å². The number of rotatable bonds is 8. The number of carbonyl (C=O) groups is 2. The van der Waals surface area contributed by atoms with Gasteiger partial charge in [-0.1, -0.05) is 80.4 Å². The summed E-state index contributed by atoms with van der Waals surface area (Å²) in [5, 5.41) is 13.5. The average Bonchev–Trinajstić information content (AvgIpc) is 2.85. The van der Waals surface area contributed by atoms with Crippen molar-refractivity contribution >= 4 is 32.7 Å². The topological polar surface area (TPSA) is 104 Å². The number of aliphatic carboxylic acids is 1. The fourth-order valence-corrected chi connectivity index (χ4v) is 6.24. The normalized spacial score (nSPS) is 17.1. The molecule has 0 bridgehead atoms. The van der Waals surface area contributed by atoms with Crippen molar-refractivity contribution in [1.82, 2.24) is 9.62 Å². The Hall–Kier alpha value is -3.23. The minimum Gasteiger partial charge on any atom is -0.480 e. The molecule has 3 aromatic rings. The third-order valence-electron chi connectivity index (χ3n) is 6.31. The maximum atomic E-state index is 13.9. The van der Waals surface area contributed by atoms with E-state index < -0.39 is 34.0 Å². The Morgan fingerprint density at radius 3 is 2.44 bits per heavy atom. The lowest BCUT2D eigenvalue weighted by atomic mass is 9.95. The van der Waals surface area contributed by atoms with Crippen molar-refractivity contribution < 1.29 is 23.1 Å². The number of benzene rings is 3. The van der Waals surface area contributed by atoms with Gasteiger partial charge in [0.05, 0.1) is 4.90 Å². The summed E-state index contributed by atoms with van der Waals surface area (Å²) in [7, 11) is -4.07. The van der Waals surface area contributed by atoms with E-state index in [2.05, 4.69) is 5.32 Å². The van der Waals surface area contributed by atoms with Gasteiger partial charge in [0.25, 0.3) is 0 Å². The molecule has 1 aliphatic rings. The van der Waals surface area contributed by atoms with E-state index in [4.69, 9.17) is 0 Å². The molecule has 2 atom stereocenters. The number of hydrogen-bond donors (Lipinski definition) is 2. The van der Waals surface area contributed by atoms with E-state index in [0.717, 1.165) is 22.9 Å². The van der Waals surface area contributed by atoms with Gasteiger partial charge >= 0.3 is 5.97 Å². The highest BCUT2D eigenvalue weighted by molar-refractivity contribution is 7.89. The van der Waals surface area contributed by atoms with Gasteiger partial charge in [0, 0.05) is 11.9 Å². The summed E-state index contributed by atoms with van der Waals surface area (Å²) < 4.78 is 29.1. The summed E-state index contributed by atoms with van der Waals surface area (Å²) in [6.07, 6.45) is 1.89. The van der Waals surface area contributed by atoms with Crippen LogP contribution in [-0.4, -0.2) is 41.8 Å². The van der Waals surface area contributed by atoms with Crippen molar-refractivity contribution in [3.8, 4) is 0 Å². The average molecular weight is 481 g/mol. The molecule has 0 spiro atoms. The van der Waals surface area contributed by atoms with Crippen molar-refractivity contribution in [3.63, 3.8) is 0 Å². The van der Waals surface area contributed by atoms with Crippen molar-refractivity contribution in [2.24, 2.45) is 0 Å². The summed E-state index contributed by atoms with van der Waals surface area (Å²) in [6, 6.07) is 17.6. The first-order valence-corrected chi connectivity index (χ1v) is 12.9. The number of nitrogens with one attached hydrogen (secondary N) is 1. The Bertz CT molecular complexity index is 1320. The van der Waals surface area contributed by atoms with Crippen LogP contribution in [0.15, 0.2) is 71.6 Å². The van der Waals surface area contributed by atoms with Crippen molar-refractivity contribution in [1.29, 1.82) is 0 Å². The van der Waals surface area contributed by atoms with Crippen LogP contribution >= 0.6 is 0 Å². The van der Waals surface area contributed by atoms with E-state index in [9.17, 15) is 23.1 Å². The Kier molecular flexibility index (Phi) is 7.00. The summed E-state index contributed by atoms with van der Waals surface area (Å²) in [4.78, 5) is 25.2. The van der Waals surface area contributed by atoms with E-state index in [-0.39, 0.29) is 24.3 Å². The van der Waals surface area contributed by atoms with Crippen LogP contribution in [0.25, 0.3) is 10.8 Å². The fourth-order valence-electron chi connectivity index (χ4n) is 4.46. The number of nitrogens with zero attached hydrogens (tertiary/aromatic N) is 1. The minimum absolute atomic E-state index is 0.0342. The van der Waals surface area contributed by atoms with Crippen molar-refractivity contribution in [2.45, 2.75) is 56.1 Å². The zero-order chi connectivity index (χ0) is 24.3. The Morgan fingerprint density at radius 2 is 1.71 bits per heavy atom. The lowest BCUT2D eigenvalue weighted by Crippen LogP contribution is -2.55. The van der Waals surface area contributed by atoms with E-state index in [1.54, 1.807) is 24.3 Å². The summed E-state index contributed by atoms with van der Waals surface area (Å²) in [5.74, 6) is -1.72. The number of fused-ring (bicyclic) bond motifs is 2. The van der Waals surface area contributed by atoms with Crippen LogP contribution < -0.4 is 5.32 Å². The standard InChI is InChI=1S/C26H28N2O5S/c1-2-3-14-22(26(30)31)27-25(29)23-16-19-10-4-5-11-20(19)17-28(23)34(32,33)24-15-8-12-18-9-6-7-13-21(18)24/h4-13,15,22-23H,2-3,14,16-17H2,1H3,(H,27,29)(H,30,31)/t22?,23-/m0/s1. The molecule has 8 heteroatoms. The molecule has 3 aromatic carbocycles. The van der Waals surface area contributed by atoms with E-state index in [0.29, 0.717) is 11.8 Å². The van der Waals surface area contributed by atoms with Gasteiger partial charge in [-0.2, -0.15) is 4.31 Å². The lowest BCUT2D eigenvalue weighted by Gasteiger charge is -2.35. The largest absolute Gasteiger partial charge is 0.480 e. The Morgan fingerprint density at radius 1 is 1.03 bits per heavy atom. The number of carbonyl (C=O) groups excluding carboxylic acids is 1. The Labute approximate surface area is 199 Å². The molecule has 0 aliphatic carbocycles. The van der Waals surface area contributed by atoms with Gasteiger partial charge < -0.3 is 10.4 Å². The number of hydrogen-bond acceptors (Lipinski definition) is 4. The molecule has 34 heavy (non-hydrogen) atoms. The second-order valence-electron chi connectivity index (χ2n) is 8.56. The van der Waals surface area contributed by atoms with Crippen LogP contribution in [0.1, 0.15) is 37.3 Å². The number of unbranched alkanes of at least 4 members (excludes halogenated alkanes) is 1. The minimum atomic E-state index is -4.07. The molecule has 178 valence electrons. The first kappa shape index (κ1) is 23.9. The van der Waals surface area contributed by atoms with Gasteiger partial charge in [-0.3, -0.25) is 4.79 Å². The number of sulfonamides is 1. The summed E-state index contributed by atoms with van der Waals surface area (Å²) in [6.45, 7) is 1.98. The molecule has 1 amide bonds. The van der Waals surface area contributed by atoms with Crippen LogP contribution in [0.3, 0.4) is 0 Å². The lowest BCUT2D eigenvalue weighted by molar-refractivity contribution is -0.142. The number of amides is 1. The molecular weight excluding hydrogens is 452 g/mol. The molecule has 2 N–H and O–H groups in total. The van der Waals surface area contributed by atoms with Gasteiger partial charge in [0.2, 0.25) is 15.9 Å². The smallest absolute Gasteiger partial charge is 0.326 e. The molecule has 1 heterocycles. The van der Waals surface area contributed by atoms with Gasteiger partial charge in [0.1, 0.15) is 12.1 Å². The highest BCUT2D eigenvalue weighted by Crippen LogP contribution is 2.32. The SMILES string of the molecule is CCCCC(NC(=O)[C@@H]1Cc2ccccc2CN1S(=O)(=O)c1cccc2ccccc12)C(=O)O. The monoisotopic (exact) mass is 480 g/mol. The molecule has 7 nitrogen and oxygen atoms in total. The quantitative estimate of drug-likeness (QED) is 0.512. The van der Waals surface area contributed by atoms with Crippen LogP contribution in [-0.2, 0) is 32.6 Å². The van der Waals surface area contributed by atoms with E-state index in [1.165, 1.54) is 4.31 Å². The first-order valence-electron chi connectivity index (χ1n) is 11.4. The van der Waals surface area contributed by atoms with Gasteiger partial charge in [0.15, 0.2) is 0 Å². The predicted molar refractivity (Wildman–Crippen MR) is 130 cm³/mol. The molecule has 0 fully saturated rings. The second-order valence-corrected chi connectivity index (χ2v) is 10.4. The van der Waals surface area contributed by atoms with Crippen LogP contribution in [0.2, 0.25) is 0 Å². The third kappa shape index (κ3) is 4.69.